The minimum atomic E-state index is -0.506. The number of amides is 1. The summed E-state index contributed by atoms with van der Waals surface area (Å²) < 4.78 is 5.63. The van der Waals surface area contributed by atoms with Crippen LogP contribution >= 0.6 is 11.6 Å². The van der Waals surface area contributed by atoms with Gasteiger partial charge < -0.3 is 4.74 Å². The first kappa shape index (κ1) is 18.1. The molecule has 1 aliphatic rings. The first-order valence-corrected chi connectivity index (χ1v) is 8.91. The van der Waals surface area contributed by atoms with Crippen LogP contribution < -0.4 is 4.90 Å². The van der Waals surface area contributed by atoms with Gasteiger partial charge in [-0.1, -0.05) is 36.9 Å². The fourth-order valence-electron chi connectivity index (χ4n) is 3.10. The molecule has 0 aromatic heterocycles. The van der Waals surface area contributed by atoms with Crippen LogP contribution in [-0.4, -0.2) is 18.2 Å². The van der Waals surface area contributed by atoms with Crippen molar-refractivity contribution in [2.45, 2.75) is 65.4 Å². The molecule has 0 bridgehead atoms. The van der Waals surface area contributed by atoms with E-state index >= 15 is 0 Å². The van der Waals surface area contributed by atoms with Gasteiger partial charge in [0.05, 0.1) is 5.69 Å². The number of carbonyl (C=O) groups excluding carboxylic acids is 1. The van der Waals surface area contributed by atoms with Crippen molar-refractivity contribution in [1.29, 1.82) is 0 Å². The summed E-state index contributed by atoms with van der Waals surface area (Å²) in [4.78, 5) is 14.5. The zero-order chi connectivity index (χ0) is 17.0. The van der Waals surface area contributed by atoms with Crippen LogP contribution in [0.5, 0.6) is 0 Å². The van der Waals surface area contributed by atoms with Crippen LogP contribution in [0.3, 0.4) is 0 Å². The number of ether oxygens (including phenoxy) is 1. The van der Waals surface area contributed by atoms with Gasteiger partial charge in [0.1, 0.15) is 5.60 Å². The lowest BCUT2D eigenvalue weighted by molar-refractivity contribution is 0.0572. The molecular formula is C19H28ClNO2. The second kappa shape index (κ2) is 7.57. The lowest BCUT2D eigenvalue weighted by Gasteiger charge is -2.32. The van der Waals surface area contributed by atoms with Crippen molar-refractivity contribution in [3.63, 3.8) is 0 Å². The highest BCUT2D eigenvalue weighted by molar-refractivity contribution is 6.31. The first-order valence-electron chi connectivity index (χ1n) is 8.53. The van der Waals surface area contributed by atoms with Crippen molar-refractivity contribution in [2.24, 2.45) is 5.92 Å². The number of anilines is 1. The van der Waals surface area contributed by atoms with E-state index < -0.39 is 5.60 Å². The van der Waals surface area contributed by atoms with Crippen molar-refractivity contribution in [3.8, 4) is 0 Å². The maximum absolute atomic E-state index is 12.8. The highest BCUT2D eigenvalue weighted by Gasteiger charge is 2.27. The number of hydrogen-bond acceptors (Lipinski definition) is 2. The second-order valence-corrected chi connectivity index (χ2v) is 7.89. The molecule has 0 aliphatic heterocycles. The minimum Gasteiger partial charge on any atom is -0.443 e. The molecule has 0 unspecified atom stereocenters. The van der Waals surface area contributed by atoms with Crippen molar-refractivity contribution >= 4 is 23.4 Å². The fraction of sp³-hybridized carbons (Fsp3) is 0.632. The van der Waals surface area contributed by atoms with E-state index in [0.717, 1.165) is 11.3 Å². The molecule has 1 aromatic rings. The molecular weight excluding hydrogens is 310 g/mol. The Morgan fingerprint density at radius 1 is 1.26 bits per heavy atom. The van der Waals surface area contributed by atoms with Crippen molar-refractivity contribution in [2.75, 3.05) is 11.4 Å². The van der Waals surface area contributed by atoms with Gasteiger partial charge in [-0.05, 0) is 64.2 Å². The van der Waals surface area contributed by atoms with Crippen molar-refractivity contribution < 1.29 is 9.53 Å². The third-order valence-electron chi connectivity index (χ3n) is 4.31. The SMILES string of the molecule is Cc1c(Cl)cccc1N(CC1CCCCC1)C(=O)OC(C)(C)C. The Morgan fingerprint density at radius 2 is 1.91 bits per heavy atom. The first-order chi connectivity index (χ1) is 10.8. The third kappa shape index (κ3) is 5.13. The average Bonchev–Trinajstić information content (AvgIpc) is 2.47. The van der Waals surface area contributed by atoms with Gasteiger partial charge in [-0.15, -0.1) is 0 Å². The maximum Gasteiger partial charge on any atom is 0.414 e. The summed E-state index contributed by atoms with van der Waals surface area (Å²) in [7, 11) is 0. The lowest BCUT2D eigenvalue weighted by Crippen LogP contribution is -2.40. The average molecular weight is 338 g/mol. The van der Waals surface area contributed by atoms with Gasteiger partial charge in [-0.2, -0.15) is 0 Å². The highest BCUT2D eigenvalue weighted by atomic mass is 35.5. The third-order valence-corrected chi connectivity index (χ3v) is 4.72. The van der Waals surface area contributed by atoms with Gasteiger partial charge in [0.15, 0.2) is 0 Å². The number of nitrogens with zero attached hydrogens (tertiary/aromatic N) is 1. The Bertz CT molecular complexity index is 545. The van der Waals surface area contributed by atoms with E-state index in [2.05, 4.69) is 0 Å². The molecule has 0 saturated heterocycles. The Hall–Kier alpha value is -1.22. The Balaban J connectivity index is 2.26. The molecule has 1 aromatic carbocycles. The normalized spacial score (nSPS) is 16.2. The van der Waals surface area contributed by atoms with Gasteiger partial charge >= 0.3 is 6.09 Å². The number of benzene rings is 1. The van der Waals surface area contributed by atoms with Gasteiger partial charge in [0, 0.05) is 11.6 Å². The predicted molar refractivity (Wildman–Crippen MR) is 96.3 cm³/mol. The summed E-state index contributed by atoms with van der Waals surface area (Å²) in [6.07, 6.45) is 5.88. The molecule has 2 rings (SSSR count). The Kier molecular flexibility index (Phi) is 5.96. The quantitative estimate of drug-likeness (QED) is 0.680. The lowest BCUT2D eigenvalue weighted by atomic mass is 9.89. The second-order valence-electron chi connectivity index (χ2n) is 7.48. The largest absolute Gasteiger partial charge is 0.443 e. The molecule has 1 amide bonds. The minimum absolute atomic E-state index is 0.284. The topological polar surface area (TPSA) is 29.5 Å². The van der Waals surface area contributed by atoms with E-state index in [4.69, 9.17) is 16.3 Å². The van der Waals surface area contributed by atoms with Crippen LogP contribution in [0.2, 0.25) is 5.02 Å². The summed E-state index contributed by atoms with van der Waals surface area (Å²) in [5.41, 5.74) is 1.28. The zero-order valence-electron chi connectivity index (χ0n) is 14.7. The summed E-state index contributed by atoms with van der Waals surface area (Å²) in [5, 5.41) is 0.680. The van der Waals surface area contributed by atoms with Crippen LogP contribution in [0.25, 0.3) is 0 Å². The van der Waals surface area contributed by atoms with Crippen LogP contribution in [0, 0.1) is 12.8 Å². The van der Waals surface area contributed by atoms with Crippen LogP contribution in [0.1, 0.15) is 58.4 Å². The molecule has 128 valence electrons. The highest BCUT2D eigenvalue weighted by Crippen LogP contribution is 2.31. The van der Waals surface area contributed by atoms with Gasteiger partial charge in [0.2, 0.25) is 0 Å². The van der Waals surface area contributed by atoms with Crippen LogP contribution in [0.4, 0.5) is 10.5 Å². The number of carbonyl (C=O) groups is 1. The molecule has 1 fully saturated rings. The summed E-state index contributed by atoms with van der Waals surface area (Å²) in [6, 6.07) is 5.70. The molecule has 0 spiro atoms. The number of hydrogen-bond donors (Lipinski definition) is 0. The van der Waals surface area contributed by atoms with Gasteiger partial charge in [-0.3, -0.25) is 4.90 Å². The predicted octanol–water partition coefficient (Wildman–Crippen LogP) is 5.97. The van der Waals surface area contributed by atoms with E-state index in [-0.39, 0.29) is 6.09 Å². The smallest absolute Gasteiger partial charge is 0.414 e. The Morgan fingerprint density at radius 3 is 2.52 bits per heavy atom. The van der Waals surface area contributed by atoms with E-state index in [1.165, 1.54) is 32.1 Å². The Labute approximate surface area is 145 Å². The van der Waals surface area contributed by atoms with Crippen molar-refractivity contribution in [3.05, 3.63) is 28.8 Å². The van der Waals surface area contributed by atoms with Crippen molar-refractivity contribution in [1.82, 2.24) is 0 Å². The van der Waals surface area contributed by atoms with Gasteiger partial charge in [-0.25, -0.2) is 4.79 Å². The molecule has 3 nitrogen and oxygen atoms in total. The molecule has 4 heteroatoms. The molecule has 1 aliphatic carbocycles. The van der Waals surface area contributed by atoms with E-state index in [9.17, 15) is 4.79 Å². The summed E-state index contributed by atoms with van der Waals surface area (Å²) in [5.74, 6) is 0.537. The molecule has 0 atom stereocenters. The fourth-order valence-corrected chi connectivity index (χ4v) is 3.27. The maximum atomic E-state index is 12.8. The van der Waals surface area contributed by atoms with Crippen LogP contribution in [0.15, 0.2) is 18.2 Å². The monoisotopic (exact) mass is 337 g/mol. The van der Waals surface area contributed by atoms with Gasteiger partial charge in [0.25, 0.3) is 0 Å². The number of rotatable bonds is 3. The van der Waals surface area contributed by atoms with E-state index in [1.807, 2.05) is 45.9 Å². The zero-order valence-corrected chi connectivity index (χ0v) is 15.4. The molecule has 23 heavy (non-hydrogen) atoms. The molecule has 0 N–H and O–H groups in total. The molecule has 0 heterocycles. The van der Waals surface area contributed by atoms with E-state index in [1.54, 1.807) is 4.90 Å². The van der Waals surface area contributed by atoms with E-state index in [0.29, 0.717) is 17.5 Å². The number of halogens is 1. The van der Waals surface area contributed by atoms with Crippen LogP contribution in [-0.2, 0) is 4.74 Å². The summed E-state index contributed by atoms with van der Waals surface area (Å²) in [6.45, 7) is 8.35. The standard InChI is InChI=1S/C19H28ClNO2/c1-14-16(20)11-8-12-17(14)21(18(22)23-19(2,3)4)13-15-9-6-5-7-10-15/h8,11-12,15H,5-7,9-10,13H2,1-4H3. The molecule has 0 radical (unpaired) electrons. The molecule has 1 saturated carbocycles. The summed E-state index contributed by atoms with van der Waals surface area (Å²) >= 11 is 6.26.